The maximum absolute atomic E-state index is 15.0. The summed E-state index contributed by atoms with van der Waals surface area (Å²) in [4.78, 5) is 0. The maximum atomic E-state index is 15.0. The smallest absolute Gasteiger partial charge is 0.292 e. The molecule has 0 saturated heterocycles. The van der Waals surface area contributed by atoms with Gasteiger partial charge in [0, 0.05) is 23.2 Å². The van der Waals surface area contributed by atoms with E-state index in [0.29, 0.717) is 0 Å². The summed E-state index contributed by atoms with van der Waals surface area (Å²) in [5, 5.41) is 2.16. The molecule has 0 atom stereocenters. The molecular weight excluding hydrogens is 262 g/mol. The number of rotatable bonds is 0. The van der Waals surface area contributed by atoms with E-state index in [2.05, 4.69) is 6.08 Å². The Bertz CT molecular complexity index is 968. The predicted octanol–water partition coefficient (Wildman–Crippen LogP) is 3.40. The number of halogens is 1. The number of fused-ring (bicyclic) bond motifs is 6. The Morgan fingerprint density at radius 1 is 1.00 bits per heavy atom. The summed E-state index contributed by atoms with van der Waals surface area (Å²) in [6.45, 7) is 0. The van der Waals surface area contributed by atoms with E-state index in [1.165, 1.54) is 0 Å². The van der Waals surface area contributed by atoms with Crippen molar-refractivity contribution in [1.82, 2.24) is 4.48 Å². The Balaban J connectivity index is 1.86. The van der Waals surface area contributed by atoms with E-state index in [-0.39, 0.29) is 0 Å². The number of aromatic nitrogens is 1. The Hall–Kier alpha value is -2.62. The molecule has 0 saturated carbocycles. The van der Waals surface area contributed by atoms with Gasteiger partial charge in [-0.15, -0.1) is 0 Å². The molecule has 3 aromatic rings. The van der Waals surface area contributed by atoms with E-state index in [1.54, 1.807) is 8.96 Å². The van der Waals surface area contributed by atoms with Crippen LogP contribution < -0.4 is 0 Å². The van der Waals surface area contributed by atoms with Crippen molar-refractivity contribution in [2.24, 2.45) is 0 Å². The summed E-state index contributed by atoms with van der Waals surface area (Å²) in [6, 6.07) is 16.1. The average molecular weight is 273 g/mol. The topological polar surface area (TPSA) is 7.94 Å². The zero-order chi connectivity index (χ0) is 14.0. The number of hydrogen-bond acceptors (Lipinski definition) is 0. The fourth-order valence-electron chi connectivity index (χ4n) is 3.32. The van der Waals surface area contributed by atoms with Gasteiger partial charge >= 0.3 is 7.26 Å². The molecule has 0 unspecified atom stereocenters. The van der Waals surface area contributed by atoms with Crippen molar-refractivity contribution in [3.63, 3.8) is 0 Å². The van der Waals surface area contributed by atoms with Crippen LogP contribution in [0.25, 0.3) is 22.5 Å². The summed E-state index contributed by atoms with van der Waals surface area (Å²) in [5.41, 5.74) is 4.04. The molecule has 98 valence electrons. The first-order chi connectivity index (χ1) is 10.3. The standard InChI is InChI=1S/C17H11BFN2/c19-18-20-10-12-5-1-3-7-14(12)16(20)9-17-15-8-4-2-6-13(15)11-21(17)18/h1-11H/q+1. The van der Waals surface area contributed by atoms with Crippen LogP contribution in [0.4, 0.5) is 4.32 Å². The highest BCUT2D eigenvalue weighted by Crippen LogP contribution is 2.35. The molecule has 2 aliphatic rings. The van der Waals surface area contributed by atoms with Crippen molar-refractivity contribution in [3.8, 4) is 0 Å². The molecule has 5 rings (SSSR count). The molecule has 1 aromatic heterocycles. The first kappa shape index (κ1) is 11.1. The van der Waals surface area contributed by atoms with Crippen LogP contribution in [0.15, 0.2) is 54.7 Å². The molecule has 0 fully saturated rings. The minimum atomic E-state index is -1.19. The summed E-state index contributed by atoms with van der Waals surface area (Å²) in [5.74, 6) is 0. The van der Waals surface area contributed by atoms with Crippen molar-refractivity contribution < 1.29 is 8.80 Å². The highest BCUT2D eigenvalue weighted by molar-refractivity contribution is 6.44. The minimum Gasteiger partial charge on any atom is -0.292 e. The molecule has 4 heteroatoms. The van der Waals surface area contributed by atoms with Crippen LogP contribution in [-0.4, -0.2) is 22.4 Å². The Kier molecular flexibility index (Phi) is 1.97. The highest BCUT2D eigenvalue weighted by atomic mass is 19.1. The molecule has 0 spiro atoms. The number of hydrogen-bond donors (Lipinski definition) is 0. The van der Waals surface area contributed by atoms with Gasteiger partial charge in [-0.1, -0.05) is 36.4 Å². The second kappa shape index (κ2) is 3.73. The van der Waals surface area contributed by atoms with Gasteiger partial charge in [-0.3, -0.25) is 4.48 Å². The van der Waals surface area contributed by atoms with E-state index in [9.17, 15) is 4.32 Å². The molecule has 0 amide bonds. The normalized spacial score (nSPS) is 15.4. The van der Waals surface area contributed by atoms with Crippen LogP contribution in [0.2, 0.25) is 0 Å². The zero-order valence-corrected chi connectivity index (χ0v) is 11.2. The van der Waals surface area contributed by atoms with Crippen LogP contribution in [-0.2, 0) is 0 Å². The lowest BCUT2D eigenvalue weighted by molar-refractivity contribution is -0.282. The Morgan fingerprint density at radius 2 is 1.81 bits per heavy atom. The maximum Gasteiger partial charge on any atom is 0.846 e. The van der Waals surface area contributed by atoms with Crippen LogP contribution in [0.3, 0.4) is 0 Å². The lowest BCUT2D eigenvalue weighted by Crippen LogP contribution is -2.35. The first-order valence-corrected chi connectivity index (χ1v) is 7.01. The van der Waals surface area contributed by atoms with Crippen LogP contribution in [0.1, 0.15) is 16.8 Å². The summed E-state index contributed by atoms with van der Waals surface area (Å²) in [7, 11) is -1.19. The van der Waals surface area contributed by atoms with Gasteiger partial charge in [0.25, 0.3) is 0 Å². The molecule has 0 bridgehead atoms. The monoisotopic (exact) mass is 273 g/mol. The molecule has 0 radical (unpaired) electrons. The van der Waals surface area contributed by atoms with Crippen molar-refractivity contribution in [1.29, 1.82) is 0 Å². The van der Waals surface area contributed by atoms with E-state index in [4.69, 9.17) is 0 Å². The van der Waals surface area contributed by atoms with Crippen molar-refractivity contribution in [2.45, 2.75) is 0 Å². The third-order valence-corrected chi connectivity index (χ3v) is 4.32. The SMILES string of the molecule is FB1n2cc3ccccc3c2C=C2c3ccccc3C=[N+]12. The number of nitrogens with zero attached hydrogens (tertiary/aromatic N) is 2. The van der Waals surface area contributed by atoms with E-state index < -0.39 is 7.26 Å². The summed E-state index contributed by atoms with van der Waals surface area (Å²) in [6.07, 6.45) is 5.86. The minimum absolute atomic E-state index is 0.939. The molecule has 0 N–H and O–H groups in total. The molecule has 2 aromatic carbocycles. The van der Waals surface area contributed by atoms with Gasteiger partial charge in [0.05, 0.1) is 11.3 Å². The number of benzene rings is 2. The third kappa shape index (κ3) is 1.34. The highest BCUT2D eigenvalue weighted by Gasteiger charge is 2.47. The summed E-state index contributed by atoms with van der Waals surface area (Å²) >= 11 is 0. The van der Waals surface area contributed by atoms with Crippen molar-refractivity contribution in [3.05, 3.63) is 71.5 Å². The lowest BCUT2D eigenvalue weighted by atomic mass is 9.96. The van der Waals surface area contributed by atoms with E-state index >= 15 is 0 Å². The van der Waals surface area contributed by atoms with Gasteiger partial charge in [-0.2, -0.15) is 0 Å². The third-order valence-electron chi connectivity index (χ3n) is 4.32. The molecule has 2 aliphatic heterocycles. The van der Waals surface area contributed by atoms with Gasteiger partial charge in [-0.25, -0.2) is 8.80 Å². The molecular formula is C17H11BFN2+. The van der Waals surface area contributed by atoms with Crippen molar-refractivity contribution >= 4 is 36.0 Å². The van der Waals surface area contributed by atoms with E-state index in [0.717, 1.165) is 33.3 Å². The average Bonchev–Trinajstić information content (AvgIpc) is 3.07. The largest absolute Gasteiger partial charge is 0.846 e. The van der Waals surface area contributed by atoms with Gasteiger partial charge in [0.2, 0.25) is 0 Å². The zero-order valence-electron chi connectivity index (χ0n) is 11.2. The quantitative estimate of drug-likeness (QED) is 0.555. The van der Waals surface area contributed by atoms with Crippen LogP contribution in [0.5, 0.6) is 0 Å². The van der Waals surface area contributed by atoms with Gasteiger partial charge in [-0.05, 0) is 17.5 Å². The predicted molar refractivity (Wildman–Crippen MR) is 83.9 cm³/mol. The van der Waals surface area contributed by atoms with Crippen LogP contribution in [0, 0.1) is 0 Å². The first-order valence-electron chi connectivity index (χ1n) is 7.01. The van der Waals surface area contributed by atoms with Gasteiger partial charge in [0.15, 0.2) is 11.9 Å². The van der Waals surface area contributed by atoms with Crippen molar-refractivity contribution in [2.75, 3.05) is 0 Å². The molecule has 2 nitrogen and oxygen atoms in total. The lowest BCUT2D eigenvalue weighted by Gasteiger charge is -2.11. The molecule has 3 heterocycles. The van der Waals surface area contributed by atoms with Gasteiger partial charge < -0.3 is 0 Å². The van der Waals surface area contributed by atoms with Crippen LogP contribution >= 0.6 is 0 Å². The van der Waals surface area contributed by atoms with E-state index in [1.807, 2.05) is 60.9 Å². The molecule has 21 heavy (non-hydrogen) atoms. The Labute approximate surface area is 121 Å². The fourth-order valence-corrected chi connectivity index (χ4v) is 3.32. The molecule has 0 aliphatic carbocycles. The second-order valence-electron chi connectivity index (χ2n) is 5.47. The fraction of sp³-hybridized carbons (Fsp3) is 0. The Morgan fingerprint density at radius 3 is 2.76 bits per heavy atom. The van der Waals surface area contributed by atoms with Gasteiger partial charge in [0.1, 0.15) is 0 Å². The summed E-state index contributed by atoms with van der Waals surface area (Å²) < 4.78 is 18.4. The second-order valence-corrected chi connectivity index (χ2v) is 5.47.